The number of aromatic nitrogens is 2. The van der Waals surface area contributed by atoms with E-state index in [1.54, 1.807) is 18.0 Å². The number of benzene rings is 1. The summed E-state index contributed by atoms with van der Waals surface area (Å²) in [5.41, 5.74) is 3.20. The number of hydrogen-bond acceptors (Lipinski definition) is 3. The number of amides is 1. The Morgan fingerprint density at radius 2 is 2.16 bits per heavy atom. The minimum atomic E-state index is -0.0448. The Morgan fingerprint density at radius 3 is 2.88 bits per heavy atom. The van der Waals surface area contributed by atoms with Crippen molar-refractivity contribution in [2.24, 2.45) is 0 Å². The van der Waals surface area contributed by atoms with Crippen LogP contribution in [0.5, 0.6) is 5.75 Å². The maximum absolute atomic E-state index is 11.5. The summed E-state index contributed by atoms with van der Waals surface area (Å²) < 4.78 is 8.78. The average molecular weight is 423 g/mol. The first-order valence-electron chi connectivity index (χ1n) is 7.67. The maximum Gasteiger partial charge on any atom is 0.223 e. The molecular weight excluding hydrogens is 406 g/mol. The molecule has 0 bridgehead atoms. The third-order valence-corrected chi connectivity index (χ3v) is 5.31. The fourth-order valence-electron chi connectivity index (χ4n) is 2.46. The number of imidazole rings is 1. The van der Waals surface area contributed by atoms with Gasteiger partial charge in [-0.3, -0.25) is 9.20 Å². The molecule has 2 heterocycles. The number of halogens is 2. The highest BCUT2D eigenvalue weighted by atomic mass is 79.9. The van der Waals surface area contributed by atoms with Crippen LogP contribution < -0.4 is 9.64 Å². The number of carbonyl (C=O) groups is 1. The number of nitrogens with zero attached hydrogens (tertiary/aromatic N) is 3. The van der Waals surface area contributed by atoms with Crippen LogP contribution in [-0.2, 0) is 11.4 Å². The van der Waals surface area contributed by atoms with Crippen LogP contribution in [0.15, 0.2) is 41.1 Å². The molecule has 25 heavy (non-hydrogen) atoms. The Labute approximate surface area is 159 Å². The van der Waals surface area contributed by atoms with Crippen LogP contribution in [-0.4, -0.2) is 22.3 Å². The van der Waals surface area contributed by atoms with Gasteiger partial charge in [-0.05, 0) is 53.2 Å². The second-order valence-corrected chi connectivity index (χ2v) is 6.85. The van der Waals surface area contributed by atoms with Crippen molar-refractivity contribution in [3.63, 3.8) is 0 Å². The number of carbonyl (C=O) groups excluding carboxylic acids is 1. The molecule has 3 aromatic rings. The molecule has 2 aromatic heterocycles. The smallest absolute Gasteiger partial charge is 0.223 e. The Balaban J connectivity index is 1.88. The van der Waals surface area contributed by atoms with Gasteiger partial charge in [-0.1, -0.05) is 11.6 Å². The van der Waals surface area contributed by atoms with E-state index in [2.05, 4.69) is 20.9 Å². The zero-order chi connectivity index (χ0) is 18.1. The molecule has 130 valence electrons. The van der Waals surface area contributed by atoms with Gasteiger partial charge >= 0.3 is 0 Å². The topological polar surface area (TPSA) is 46.8 Å². The molecule has 0 atom stereocenters. The van der Waals surface area contributed by atoms with Crippen LogP contribution >= 0.6 is 27.5 Å². The fraction of sp³-hybridized carbons (Fsp3) is 0.222. The van der Waals surface area contributed by atoms with Gasteiger partial charge < -0.3 is 9.64 Å². The van der Waals surface area contributed by atoms with E-state index in [1.807, 2.05) is 41.8 Å². The molecule has 0 aliphatic rings. The summed E-state index contributed by atoms with van der Waals surface area (Å²) in [5.74, 6) is 0.620. The quantitative estimate of drug-likeness (QED) is 0.616. The molecule has 0 fully saturated rings. The Kier molecular flexibility index (Phi) is 5.01. The van der Waals surface area contributed by atoms with Crippen molar-refractivity contribution in [2.75, 3.05) is 11.9 Å². The second kappa shape index (κ2) is 7.06. The highest BCUT2D eigenvalue weighted by molar-refractivity contribution is 9.10. The molecule has 0 unspecified atom stereocenters. The molecule has 7 heteroatoms. The van der Waals surface area contributed by atoms with Crippen LogP contribution in [0.25, 0.3) is 5.65 Å². The number of aryl methyl sites for hydroxylation is 1. The minimum absolute atomic E-state index is 0.0448. The number of pyridine rings is 1. The van der Waals surface area contributed by atoms with Crippen molar-refractivity contribution in [1.29, 1.82) is 0 Å². The number of anilines is 1. The molecule has 0 saturated carbocycles. The molecule has 1 amide bonds. The standard InChI is InChI=1S/C18H17BrClN3O2/c1-11-17(19)23-8-4-5-16(18(23)21-11)25-10-13-9-14(6-7-15(13)20)22(3)12(2)24/h4-9H,10H2,1-3H3. The van der Waals surface area contributed by atoms with Crippen molar-refractivity contribution < 1.29 is 9.53 Å². The first-order chi connectivity index (χ1) is 11.9. The van der Waals surface area contributed by atoms with Gasteiger partial charge in [0.2, 0.25) is 5.91 Å². The molecule has 0 aliphatic heterocycles. The summed E-state index contributed by atoms with van der Waals surface area (Å²) in [4.78, 5) is 17.6. The second-order valence-electron chi connectivity index (χ2n) is 5.70. The third-order valence-electron chi connectivity index (χ3n) is 3.99. The van der Waals surface area contributed by atoms with Crippen LogP contribution in [0.3, 0.4) is 0 Å². The molecule has 0 spiro atoms. The number of fused-ring (bicyclic) bond motifs is 1. The van der Waals surface area contributed by atoms with Gasteiger partial charge in [-0.25, -0.2) is 4.98 Å². The van der Waals surface area contributed by atoms with Crippen molar-refractivity contribution in [3.8, 4) is 5.75 Å². The monoisotopic (exact) mass is 421 g/mol. The lowest BCUT2D eigenvalue weighted by Crippen LogP contribution is -2.22. The summed E-state index contributed by atoms with van der Waals surface area (Å²) in [7, 11) is 1.72. The van der Waals surface area contributed by atoms with Crippen molar-refractivity contribution in [2.45, 2.75) is 20.5 Å². The average Bonchev–Trinajstić information content (AvgIpc) is 2.89. The van der Waals surface area contributed by atoms with Crippen LogP contribution in [0.4, 0.5) is 5.69 Å². The number of hydrogen-bond donors (Lipinski definition) is 0. The Morgan fingerprint density at radius 1 is 1.40 bits per heavy atom. The van der Waals surface area contributed by atoms with Gasteiger partial charge in [0.1, 0.15) is 11.2 Å². The van der Waals surface area contributed by atoms with Crippen LogP contribution in [0.1, 0.15) is 18.2 Å². The summed E-state index contributed by atoms with van der Waals surface area (Å²) in [6.45, 7) is 3.73. The van der Waals surface area contributed by atoms with Crippen LogP contribution in [0, 0.1) is 6.92 Å². The van der Waals surface area contributed by atoms with E-state index in [-0.39, 0.29) is 12.5 Å². The van der Waals surface area contributed by atoms with E-state index in [4.69, 9.17) is 16.3 Å². The molecule has 0 aliphatic carbocycles. The minimum Gasteiger partial charge on any atom is -0.485 e. The maximum atomic E-state index is 11.5. The third kappa shape index (κ3) is 3.50. The Bertz CT molecular complexity index is 955. The predicted molar refractivity (Wildman–Crippen MR) is 102 cm³/mol. The highest BCUT2D eigenvalue weighted by Gasteiger charge is 2.12. The lowest BCUT2D eigenvalue weighted by Gasteiger charge is -2.17. The van der Waals surface area contributed by atoms with Crippen molar-refractivity contribution >= 4 is 44.8 Å². The lowest BCUT2D eigenvalue weighted by molar-refractivity contribution is -0.116. The Hall–Kier alpha value is -2.05. The summed E-state index contributed by atoms with van der Waals surface area (Å²) in [6.07, 6.45) is 1.92. The molecule has 1 aromatic carbocycles. The van der Waals surface area contributed by atoms with Gasteiger partial charge in [0.25, 0.3) is 0 Å². The van der Waals surface area contributed by atoms with E-state index in [0.717, 1.165) is 27.2 Å². The van der Waals surface area contributed by atoms with E-state index < -0.39 is 0 Å². The normalized spacial score (nSPS) is 10.9. The largest absolute Gasteiger partial charge is 0.485 e. The lowest BCUT2D eigenvalue weighted by atomic mass is 10.2. The van der Waals surface area contributed by atoms with E-state index >= 15 is 0 Å². The zero-order valence-corrected chi connectivity index (χ0v) is 16.4. The SMILES string of the molecule is CC(=O)N(C)c1ccc(Cl)c(COc2cccn3c(Br)c(C)nc23)c1. The summed E-state index contributed by atoms with van der Waals surface area (Å²) in [5, 5.41) is 0.591. The summed E-state index contributed by atoms with van der Waals surface area (Å²) in [6, 6.07) is 9.20. The van der Waals surface area contributed by atoms with E-state index in [1.165, 1.54) is 6.92 Å². The first kappa shape index (κ1) is 17.8. The highest BCUT2D eigenvalue weighted by Crippen LogP contribution is 2.28. The molecule has 3 rings (SSSR count). The van der Waals surface area contributed by atoms with Crippen molar-refractivity contribution in [1.82, 2.24) is 9.38 Å². The molecule has 0 N–H and O–H groups in total. The first-order valence-corrected chi connectivity index (χ1v) is 8.84. The predicted octanol–water partition coefficient (Wildman–Crippen LogP) is 4.62. The van der Waals surface area contributed by atoms with E-state index in [0.29, 0.717) is 10.8 Å². The van der Waals surface area contributed by atoms with Gasteiger partial charge in [0.15, 0.2) is 11.4 Å². The summed E-state index contributed by atoms with van der Waals surface area (Å²) >= 11 is 9.80. The van der Waals surface area contributed by atoms with Gasteiger partial charge in [0, 0.05) is 36.4 Å². The van der Waals surface area contributed by atoms with Crippen molar-refractivity contribution in [3.05, 3.63) is 57.4 Å². The van der Waals surface area contributed by atoms with Gasteiger partial charge in [-0.2, -0.15) is 0 Å². The van der Waals surface area contributed by atoms with Gasteiger partial charge in [0.05, 0.1) is 5.69 Å². The number of rotatable bonds is 4. The zero-order valence-electron chi connectivity index (χ0n) is 14.1. The molecule has 0 radical (unpaired) electrons. The fourth-order valence-corrected chi connectivity index (χ4v) is 3.00. The molecular formula is C18H17BrClN3O2. The molecule has 5 nitrogen and oxygen atoms in total. The van der Waals surface area contributed by atoms with E-state index in [9.17, 15) is 4.79 Å². The van der Waals surface area contributed by atoms with Gasteiger partial charge in [-0.15, -0.1) is 0 Å². The molecule has 0 saturated heterocycles. The number of ether oxygens (including phenoxy) is 1. The van der Waals surface area contributed by atoms with Crippen LogP contribution in [0.2, 0.25) is 5.02 Å².